The van der Waals surface area contributed by atoms with Gasteiger partial charge in [0.1, 0.15) is 0 Å². The topological polar surface area (TPSA) is 17.8 Å². The van der Waals surface area contributed by atoms with Gasteiger partial charge in [-0.25, -0.2) is 4.98 Å². The van der Waals surface area contributed by atoms with Crippen molar-refractivity contribution in [3.05, 3.63) is 36.4 Å². The van der Waals surface area contributed by atoms with Crippen LogP contribution >= 0.6 is 11.3 Å². The quantitative estimate of drug-likeness (QED) is 0.637. The molecule has 3 aromatic rings. The van der Waals surface area contributed by atoms with Gasteiger partial charge in [0.05, 0.1) is 24.0 Å². The Balaban J connectivity index is 2.15. The molecule has 0 radical (unpaired) electrons. The van der Waals surface area contributed by atoms with Gasteiger partial charge in [0, 0.05) is 6.54 Å². The van der Waals surface area contributed by atoms with E-state index in [1.54, 1.807) is 4.50 Å². The van der Waals surface area contributed by atoms with Crippen molar-refractivity contribution >= 4 is 34.9 Å². The zero-order valence-electron chi connectivity index (χ0n) is 13.2. The van der Waals surface area contributed by atoms with Crippen molar-refractivity contribution in [1.29, 1.82) is 0 Å². The second-order valence-electron chi connectivity index (χ2n) is 6.49. The molecule has 0 fully saturated rings. The highest BCUT2D eigenvalue weighted by atomic mass is 32.1. The fraction of sp³-hybridized carbons (Fsp3) is 0.353. The van der Waals surface area contributed by atoms with Crippen LogP contribution in [0.5, 0.6) is 0 Å². The van der Waals surface area contributed by atoms with Gasteiger partial charge in [-0.2, -0.15) is 0 Å². The van der Waals surface area contributed by atoms with Crippen LogP contribution in [0.1, 0.15) is 13.3 Å². The first-order valence-electron chi connectivity index (χ1n) is 7.56. The van der Waals surface area contributed by atoms with E-state index >= 15 is 0 Å². The predicted octanol–water partition coefficient (Wildman–Crippen LogP) is 4.72. The Kier molecular flexibility index (Phi) is 3.76. The first-order valence-corrected chi connectivity index (χ1v) is 11.9. The Bertz CT molecular complexity index is 765. The number of hydrogen-bond donors (Lipinski definition) is 0. The van der Waals surface area contributed by atoms with Gasteiger partial charge in [-0.1, -0.05) is 44.8 Å². The van der Waals surface area contributed by atoms with E-state index in [0.29, 0.717) is 0 Å². The maximum atomic E-state index is 4.89. The molecule has 0 N–H and O–H groups in total. The molecule has 0 spiro atoms. The average Bonchev–Trinajstić information content (AvgIpc) is 3.03. The van der Waals surface area contributed by atoms with Crippen LogP contribution in [0.25, 0.3) is 21.7 Å². The molecule has 0 saturated heterocycles. The molecule has 110 valence electrons. The average molecular weight is 315 g/mol. The van der Waals surface area contributed by atoms with E-state index in [1.165, 1.54) is 10.4 Å². The van der Waals surface area contributed by atoms with E-state index in [9.17, 15) is 0 Å². The van der Waals surface area contributed by atoms with Gasteiger partial charge in [0.2, 0.25) is 0 Å². The number of fused-ring (bicyclic) bond motifs is 1. The number of nitrogens with zero attached hydrogens (tertiary/aromatic N) is 2. The molecule has 0 aliphatic heterocycles. The molecule has 1 aromatic carbocycles. The number of aromatic nitrogens is 2. The summed E-state index contributed by atoms with van der Waals surface area (Å²) in [4.78, 5) is 6.19. The molecule has 0 amide bonds. The number of para-hydroxylation sites is 2. The SMILES string of the molecule is CCCn1c(-c2ccc([Si](C)(C)C)s2)nc2ccccc21. The van der Waals surface area contributed by atoms with Crippen molar-refractivity contribution in [1.82, 2.24) is 9.55 Å². The Labute approximate surface area is 131 Å². The van der Waals surface area contributed by atoms with E-state index < -0.39 is 8.07 Å². The fourth-order valence-electron chi connectivity index (χ4n) is 2.57. The van der Waals surface area contributed by atoms with E-state index in [-0.39, 0.29) is 0 Å². The van der Waals surface area contributed by atoms with Crippen molar-refractivity contribution in [2.45, 2.75) is 39.5 Å². The molecule has 0 aliphatic carbocycles. The molecule has 0 atom stereocenters. The van der Waals surface area contributed by atoms with Crippen molar-refractivity contribution in [3.63, 3.8) is 0 Å². The highest BCUT2D eigenvalue weighted by Crippen LogP contribution is 2.28. The van der Waals surface area contributed by atoms with Gasteiger partial charge in [0.25, 0.3) is 0 Å². The monoisotopic (exact) mass is 314 g/mol. The number of thiophene rings is 1. The first-order chi connectivity index (χ1) is 10.0. The first kappa shape index (κ1) is 14.5. The Morgan fingerprint density at radius 2 is 1.86 bits per heavy atom. The molecule has 3 rings (SSSR count). The molecule has 0 unspecified atom stereocenters. The zero-order valence-corrected chi connectivity index (χ0v) is 15.0. The summed E-state index contributed by atoms with van der Waals surface area (Å²) in [6, 6.07) is 13.0. The number of hydrogen-bond acceptors (Lipinski definition) is 2. The third-order valence-electron chi connectivity index (χ3n) is 3.67. The van der Waals surface area contributed by atoms with Gasteiger partial charge in [0.15, 0.2) is 5.82 Å². The molecule has 0 bridgehead atoms. The van der Waals surface area contributed by atoms with Crippen LogP contribution in [0.15, 0.2) is 36.4 Å². The lowest BCUT2D eigenvalue weighted by Crippen LogP contribution is -2.34. The summed E-state index contributed by atoms with van der Waals surface area (Å²) in [6.45, 7) is 10.4. The molecule has 2 nitrogen and oxygen atoms in total. The maximum absolute atomic E-state index is 4.89. The highest BCUT2D eigenvalue weighted by molar-refractivity contribution is 7.28. The summed E-state index contributed by atoms with van der Waals surface area (Å²) in [6.07, 6.45) is 1.12. The molecule has 21 heavy (non-hydrogen) atoms. The number of imidazole rings is 1. The summed E-state index contributed by atoms with van der Waals surface area (Å²) in [5.41, 5.74) is 2.35. The summed E-state index contributed by atoms with van der Waals surface area (Å²) >= 11 is 1.93. The Morgan fingerprint density at radius 1 is 1.10 bits per heavy atom. The second kappa shape index (κ2) is 5.43. The van der Waals surface area contributed by atoms with Crippen LogP contribution in [0.3, 0.4) is 0 Å². The largest absolute Gasteiger partial charge is 0.323 e. The minimum Gasteiger partial charge on any atom is -0.323 e. The third-order valence-corrected chi connectivity index (χ3v) is 8.35. The van der Waals surface area contributed by atoms with Crippen molar-refractivity contribution in [2.75, 3.05) is 0 Å². The number of benzene rings is 1. The predicted molar refractivity (Wildman–Crippen MR) is 96.3 cm³/mol. The second-order valence-corrected chi connectivity index (χ2v) is 13.0. The van der Waals surface area contributed by atoms with Gasteiger partial charge in [-0.15, -0.1) is 11.3 Å². The van der Waals surface area contributed by atoms with Gasteiger partial charge in [-0.05, 0) is 29.1 Å². The number of aryl methyl sites for hydroxylation is 1. The summed E-state index contributed by atoms with van der Waals surface area (Å²) in [5, 5.41) is 0. The zero-order chi connectivity index (χ0) is 15.0. The van der Waals surface area contributed by atoms with Crippen molar-refractivity contribution < 1.29 is 0 Å². The van der Waals surface area contributed by atoms with E-state index in [2.05, 4.69) is 67.5 Å². The van der Waals surface area contributed by atoms with Crippen LogP contribution in [0.4, 0.5) is 0 Å². The maximum Gasteiger partial charge on any atom is 0.151 e. The van der Waals surface area contributed by atoms with E-state index in [4.69, 9.17) is 4.98 Å². The molecule has 2 heterocycles. The van der Waals surface area contributed by atoms with Crippen LogP contribution < -0.4 is 4.50 Å². The molecular formula is C17H22N2SSi. The summed E-state index contributed by atoms with van der Waals surface area (Å²) in [7, 11) is -1.24. The Morgan fingerprint density at radius 3 is 2.52 bits per heavy atom. The molecule has 0 aliphatic rings. The smallest absolute Gasteiger partial charge is 0.151 e. The summed E-state index contributed by atoms with van der Waals surface area (Å²) < 4.78 is 3.92. The minimum atomic E-state index is -1.24. The molecular weight excluding hydrogens is 292 g/mol. The highest BCUT2D eigenvalue weighted by Gasteiger charge is 2.21. The van der Waals surface area contributed by atoms with Crippen molar-refractivity contribution in [2.24, 2.45) is 0 Å². The Hall–Kier alpha value is -1.39. The summed E-state index contributed by atoms with van der Waals surface area (Å²) in [5.74, 6) is 1.13. The van der Waals surface area contributed by atoms with Gasteiger partial charge in [-0.3, -0.25) is 0 Å². The van der Waals surface area contributed by atoms with Gasteiger partial charge < -0.3 is 4.57 Å². The van der Waals surface area contributed by atoms with E-state index in [0.717, 1.165) is 24.3 Å². The van der Waals surface area contributed by atoms with E-state index in [1.807, 2.05) is 11.3 Å². The third kappa shape index (κ3) is 2.70. The minimum absolute atomic E-state index is 1.02. The standard InChI is InChI=1S/C17H22N2SSi/c1-5-12-19-14-9-7-6-8-13(14)18-17(19)15-10-11-16(20-15)21(2,3)4/h6-11H,5,12H2,1-4H3. The lowest BCUT2D eigenvalue weighted by molar-refractivity contribution is 0.705. The van der Waals surface area contributed by atoms with Crippen LogP contribution in [0.2, 0.25) is 19.6 Å². The van der Waals surface area contributed by atoms with Crippen LogP contribution in [-0.2, 0) is 6.54 Å². The lowest BCUT2D eigenvalue weighted by atomic mass is 10.3. The normalized spacial score (nSPS) is 12.2. The van der Waals surface area contributed by atoms with Crippen LogP contribution in [-0.4, -0.2) is 17.6 Å². The van der Waals surface area contributed by atoms with Crippen molar-refractivity contribution in [3.8, 4) is 10.7 Å². The molecule has 4 heteroatoms. The van der Waals surface area contributed by atoms with Crippen LogP contribution in [0, 0.1) is 0 Å². The molecule has 2 aromatic heterocycles. The van der Waals surface area contributed by atoms with Gasteiger partial charge >= 0.3 is 0 Å². The number of rotatable bonds is 4. The fourth-order valence-corrected chi connectivity index (χ4v) is 5.47. The lowest BCUT2D eigenvalue weighted by Gasteiger charge is -2.12. The molecule has 0 saturated carbocycles.